The summed E-state index contributed by atoms with van der Waals surface area (Å²) in [5.74, 6) is 0.352. The van der Waals surface area contributed by atoms with Gasteiger partial charge >= 0.3 is 11.6 Å². The normalized spacial score (nSPS) is 11.0. The Labute approximate surface area is 170 Å². The standard InChI is InChI=1S/C22H16ClNO5/c1-13-17-9-7-15(27-20(25)10-8-16-12-19(23)24-29-16)11-18(17)28-22(26)21(13)14-5-3-2-4-6-14/h2-7,9,11-12H,8,10H2,1H3. The maximum Gasteiger partial charge on any atom is 0.344 e. The Morgan fingerprint density at radius 1 is 1.14 bits per heavy atom. The van der Waals surface area contributed by atoms with Crippen molar-refractivity contribution in [3.8, 4) is 16.9 Å². The molecule has 4 aromatic rings. The van der Waals surface area contributed by atoms with Crippen molar-refractivity contribution < 1.29 is 18.5 Å². The molecule has 0 aliphatic carbocycles. The van der Waals surface area contributed by atoms with E-state index in [9.17, 15) is 9.59 Å². The second kappa shape index (κ2) is 7.93. The third-order valence-electron chi connectivity index (χ3n) is 4.54. The SMILES string of the molecule is Cc1c(-c2ccccc2)c(=O)oc2cc(OC(=O)CCc3cc(Cl)no3)ccc12. The fourth-order valence-electron chi connectivity index (χ4n) is 3.15. The quantitative estimate of drug-likeness (QED) is 0.263. The lowest BCUT2D eigenvalue weighted by molar-refractivity contribution is -0.134. The number of benzene rings is 2. The minimum atomic E-state index is -0.447. The zero-order valence-electron chi connectivity index (χ0n) is 15.5. The summed E-state index contributed by atoms with van der Waals surface area (Å²) in [6.07, 6.45) is 0.417. The van der Waals surface area contributed by atoms with E-state index >= 15 is 0 Å². The monoisotopic (exact) mass is 409 g/mol. The smallest absolute Gasteiger partial charge is 0.344 e. The third-order valence-corrected chi connectivity index (χ3v) is 4.72. The summed E-state index contributed by atoms with van der Waals surface area (Å²) >= 11 is 5.68. The molecule has 0 N–H and O–H groups in total. The van der Waals surface area contributed by atoms with Crippen LogP contribution in [-0.4, -0.2) is 11.1 Å². The molecule has 0 fully saturated rings. The van der Waals surface area contributed by atoms with Gasteiger partial charge in [0.15, 0.2) is 5.15 Å². The lowest BCUT2D eigenvalue weighted by atomic mass is 10.00. The van der Waals surface area contributed by atoms with Crippen LogP contribution in [0.2, 0.25) is 5.15 Å². The number of carbonyl (C=O) groups is 1. The first kappa shape index (κ1) is 19.0. The molecule has 2 heterocycles. The first-order chi connectivity index (χ1) is 14.0. The molecule has 0 radical (unpaired) electrons. The van der Waals surface area contributed by atoms with Crippen LogP contribution in [0.5, 0.6) is 5.75 Å². The van der Waals surface area contributed by atoms with Crippen LogP contribution in [0.25, 0.3) is 22.1 Å². The number of hydrogen-bond acceptors (Lipinski definition) is 6. The molecule has 0 spiro atoms. The second-order valence-electron chi connectivity index (χ2n) is 6.50. The largest absolute Gasteiger partial charge is 0.426 e. The van der Waals surface area contributed by atoms with Gasteiger partial charge in [-0.2, -0.15) is 0 Å². The van der Waals surface area contributed by atoms with Crippen LogP contribution in [0, 0.1) is 6.92 Å². The number of carbonyl (C=O) groups excluding carboxylic acids is 1. The summed E-state index contributed by atoms with van der Waals surface area (Å²) in [6, 6.07) is 15.9. The van der Waals surface area contributed by atoms with Crippen LogP contribution in [0.15, 0.2) is 68.3 Å². The van der Waals surface area contributed by atoms with Gasteiger partial charge in [-0.25, -0.2) is 4.79 Å². The average molecular weight is 410 g/mol. The summed E-state index contributed by atoms with van der Waals surface area (Å²) in [5.41, 5.74) is 2.05. The summed E-state index contributed by atoms with van der Waals surface area (Å²) in [7, 11) is 0. The molecular formula is C22H16ClNO5. The van der Waals surface area contributed by atoms with E-state index in [0.717, 1.165) is 16.5 Å². The van der Waals surface area contributed by atoms with Crippen LogP contribution in [-0.2, 0) is 11.2 Å². The van der Waals surface area contributed by atoms with Crippen molar-refractivity contribution in [2.75, 3.05) is 0 Å². The van der Waals surface area contributed by atoms with Crippen molar-refractivity contribution in [2.45, 2.75) is 19.8 Å². The van der Waals surface area contributed by atoms with Gasteiger partial charge in [0, 0.05) is 23.9 Å². The van der Waals surface area contributed by atoms with Crippen molar-refractivity contribution in [3.63, 3.8) is 0 Å². The number of halogens is 1. The van der Waals surface area contributed by atoms with Crippen molar-refractivity contribution in [1.82, 2.24) is 5.16 Å². The summed E-state index contributed by atoms with van der Waals surface area (Å²) in [4.78, 5) is 24.6. The zero-order valence-corrected chi connectivity index (χ0v) is 16.2. The van der Waals surface area contributed by atoms with E-state index < -0.39 is 11.6 Å². The Kier molecular flexibility index (Phi) is 5.18. The zero-order chi connectivity index (χ0) is 20.4. The molecule has 0 saturated carbocycles. The van der Waals surface area contributed by atoms with E-state index in [2.05, 4.69) is 5.16 Å². The van der Waals surface area contributed by atoms with Crippen LogP contribution in [0.4, 0.5) is 0 Å². The van der Waals surface area contributed by atoms with E-state index in [1.165, 1.54) is 0 Å². The molecular weight excluding hydrogens is 394 g/mol. The summed E-state index contributed by atoms with van der Waals surface area (Å²) in [6.45, 7) is 1.87. The number of aromatic nitrogens is 1. The highest BCUT2D eigenvalue weighted by atomic mass is 35.5. The van der Waals surface area contributed by atoms with Crippen LogP contribution < -0.4 is 10.4 Å². The van der Waals surface area contributed by atoms with E-state index in [1.54, 1.807) is 24.3 Å². The molecule has 146 valence electrons. The maximum absolute atomic E-state index is 12.5. The molecule has 2 aromatic carbocycles. The molecule has 0 saturated heterocycles. The summed E-state index contributed by atoms with van der Waals surface area (Å²) < 4.78 is 15.8. The van der Waals surface area contributed by atoms with Gasteiger partial charge in [0.1, 0.15) is 17.1 Å². The lowest BCUT2D eigenvalue weighted by Crippen LogP contribution is -2.09. The molecule has 0 aliphatic rings. The first-order valence-corrected chi connectivity index (χ1v) is 9.34. The minimum absolute atomic E-state index is 0.0967. The van der Waals surface area contributed by atoms with Gasteiger partial charge in [-0.05, 0) is 30.2 Å². The number of hydrogen-bond donors (Lipinski definition) is 0. The lowest BCUT2D eigenvalue weighted by Gasteiger charge is -2.09. The van der Waals surface area contributed by atoms with E-state index in [-0.39, 0.29) is 11.6 Å². The molecule has 7 heteroatoms. The van der Waals surface area contributed by atoms with Gasteiger partial charge in [0.2, 0.25) is 0 Å². The van der Waals surface area contributed by atoms with Crippen LogP contribution in [0.1, 0.15) is 17.7 Å². The van der Waals surface area contributed by atoms with Crippen molar-refractivity contribution >= 4 is 28.5 Å². The number of nitrogens with zero attached hydrogens (tertiary/aromatic N) is 1. The fourth-order valence-corrected chi connectivity index (χ4v) is 3.31. The molecule has 0 unspecified atom stereocenters. The fraction of sp³-hybridized carbons (Fsp3) is 0.136. The molecule has 0 aliphatic heterocycles. The van der Waals surface area contributed by atoms with Gasteiger partial charge in [-0.1, -0.05) is 47.1 Å². The van der Waals surface area contributed by atoms with Gasteiger partial charge < -0.3 is 13.7 Å². The van der Waals surface area contributed by atoms with E-state index in [0.29, 0.717) is 29.1 Å². The molecule has 29 heavy (non-hydrogen) atoms. The highest BCUT2D eigenvalue weighted by Gasteiger charge is 2.15. The second-order valence-corrected chi connectivity index (χ2v) is 6.89. The van der Waals surface area contributed by atoms with Crippen molar-refractivity contribution in [1.29, 1.82) is 0 Å². The third kappa shape index (κ3) is 4.07. The van der Waals surface area contributed by atoms with Crippen LogP contribution >= 0.6 is 11.6 Å². The Morgan fingerprint density at radius 3 is 2.66 bits per heavy atom. The number of aryl methyl sites for hydroxylation is 2. The average Bonchev–Trinajstić information content (AvgIpc) is 3.12. The van der Waals surface area contributed by atoms with Gasteiger partial charge in [-0.15, -0.1) is 0 Å². The Bertz CT molecular complexity index is 1240. The number of ether oxygens (including phenoxy) is 1. The van der Waals surface area contributed by atoms with E-state index in [1.807, 2.05) is 37.3 Å². The van der Waals surface area contributed by atoms with Crippen molar-refractivity contribution in [2.24, 2.45) is 0 Å². The number of esters is 1. The molecule has 4 rings (SSSR count). The van der Waals surface area contributed by atoms with Crippen LogP contribution in [0.3, 0.4) is 0 Å². The number of fused-ring (bicyclic) bond motifs is 1. The first-order valence-electron chi connectivity index (χ1n) is 8.96. The van der Waals surface area contributed by atoms with Gasteiger partial charge in [-0.3, -0.25) is 4.79 Å². The highest BCUT2D eigenvalue weighted by Crippen LogP contribution is 2.29. The summed E-state index contributed by atoms with van der Waals surface area (Å²) in [5, 5.41) is 4.57. The molecule has 6 nitrogen and oxygen atoms in total. The Hall–Kier alpha value is -3.38. The number of rotatable bonds is 5. The predicted octanol–water partition coefficient (Wildman–Crippen LogP) is 4.95. The molecule has 0 amide bonds. The Balaban J connectivity index is 1.56. The molecule has 0 atom stereocenters. The topological polar surface area (TPSA) is 82.5 Å². The molecule has 2 aromatic heterocycles. The predicted molar refractivity (Wildman–Crippen MR) is 108 cm³/mol. The van der Waals surface area contributed by atoms with E-state index in [4.69, 9.17) is 25.3 Å². The van der Waals surface area contributed by atoms with Gasteiger partial charge in [0.05, 0.1) is 12.0 Å². The van der Waals surface area contributed by atoms with Gasteiger partial charge in [0.25, 0.3) is 0 Å². The maximum atomic E-state index is 12.5. The Morgan fingerprint density at radius 2 is 1.93 bits per heavy atom. The minimum Gasteiger partial charge on any atom is -0.426 e. The van der Waals surface area contributed by atoms with Crippen molar-refractivity contribution in [3.05, 3.63) is 81.5 Å². The highest BCUT2D eigenvalue weighted by molar-refractivity contribution is 6.29. The molecule has 0 bridgehead atoms.